The van der Waals surface area contributed by atoms with Gasteiger partial charge in [-0.1, -0.05) is 44.0 Å². The fourth-order valence-electron chi connectivity index (χ4n) is 5.25. The van der Waals surface area contributed by atoms with Crippen LogP contribution in [-0.4, -0.2) is 40.8 Å². The summed E-state index contributed by atoms with van der Waals surface area (Å²) in [7, 11) is 0. The normalized spacial score (nSPS) is 18.5. The Hall–Kier alpha value is -4.46. The Morgan fingerprint density at radius 1 is 1.22 bits per heavy atom. The van der Waals surface area contributed by atoms with E-state index < -0.39 is 5.97 Å². The van der Waals surface area contributed by atoms with Gasteiger partial charge < -0.3 is 15.4 Å². The summed E-state index contributed by atoms with van der Waals surface area (Å²) in [4.78, 5) is 26.8. The van der Waals surface area contributed by atoms with Gasteiger partial charge in [0, 0.05) is 11.9 Å². The Labute approximate surface area is 212 Å². The third-order valence-corrected chi connectivity index (χ3v) is 7.00. The zero-order valence-electron chi connectivity index (χ0n) is 20.6. The lowest BCUT2D eigenvalue weighted by Gasteiger charge is -2.27. The van der Waals surface area contributed by atoms with E-state index in [-0.39, 0.29) is 35.2 Å². The van der Waals surface area contributed by atoms with Crippen molar-refractivity contribution in [3.05, 3.63) is 64.3 Å². The van der Waals surface area contributed by atoms with Crippen molar-refractivity contribution in [3.8, 4) is 6.07 Å². The molecule has 0 saturated heterocycles. The van der Waals surface area contributed by atoms with Crippen molar-refractivity contribution < 1.29 is 9.90 Å². The van der Waals surface area contributed by atoms with Crippen LogP contribution in [0.5, 0.6) is 0 Å². The van der Waals surface area contributed by atoms with E-state index in [9.17, 15) is 20.0 Å². The Kier molecular flexibility index (Phi) is 6.48. The molecule has 1 fully saturated rings. The molecule has 3 aromatic heterocycles. The number of nitrogens with zero attached hydrogens (tertiary/aromatic N) is 6. The van der Waals surface area contributed by atoms with Gasteiger partial charge in [-0.25, -0.2) is 9.48 Å². The number of carboxylic acid groups (broad SMARTS) is 1. The maximum absolute atomic E-state index is 12.8. The number of aromatic carboxylic acids is 1. The number of fused-ring (bicyclic) bond motifs is 1. The highest BCUT2D eigenvalue weighted by atomic mass is 16.4. The molecule has 3 heterocycles. The Bertz CT molecular complexity index is 1530. The lowest BCUT2D eigenvalue weighted by Crippen LogP contribution is -2.23. The molecule has 3 unspecified atom stereocenters. The first-order valence-corrected chi connectivity index (χ1v) is 12.4. The quantitative estimate of drug-likeness (QED) is 0.340. The molecule has 0 amide bonds. The summed E-state index contributed by atoms with van der Waals surface area (Å²) in [5, 5.41) is 35.2. The van der Waals surface area contributed by atoms with Crippen molar-refractivity contribution in [3.63, 3.8) is 0 Å². The van der Waals surface area contributed by atoms with Crippen LogP contribution < -0.4 is 10.9 Å². The fourth-order valence-corrected chi connectivity index (χ4v) is 5.25. The number of hydrogen-bond acceptors (Lipinski definition) is 7. The predicted molar refractivity (Wildman–Crippen MR) is 137 cm³/mol. The number of pyridine rings is 1. The minimum atomic E-state index is -1.12. The van der Waals surface area contributed by atoms with Gasteiger partial charge in [0.05, 0.1) is 35.8 Å². The van der Waals surface area contributed by atoms with Crippen LogP contribution in [0, 0.1) is 23.2 Å². The molecular formula is C26H28N8O3. The highest BCUT2D eigenvalue weighted by molar-refractivity contribution is 5.91. The zero-order valence-corrected chi connectivity index (χ0v) is 20.6. The maximum atomic E-state index is 12.8. The van der Waals surface area contributed by atoms with Crippen LogP contribution >= 0.6 is 0 Å². The second kappa shape index (κ2) is 9.89. The number of nitrogens with one attached hydrogen (secondary N) is 2. The number of aromatic nitrogens is 6. The van der Waals surface area contributed by atoms with Crippen LogP contribution in [0.2, 0.25) is 0 Å². The molecule has 37 heavy (non-hydrogen) atoms. The van der Waals surface area contributed by atoms with Crippen LogP contribution in [0.15, 0.2) is 47.5 Å². The molecule has 0 radical (unpaired) electrons. The van der Waals surface area contributed by atoms with E-state index >= 15 is 0 Å². The second-order valence-corrected chi connectivity index (χ2v) is 9.77. The summed E-state index contributed by atoms with van der Waals surface area (Å²) in [5.41, 5.74) is 2.04. The van der Waals surface area contributed by atoms with Gasteiger partial charge in [-0.05, 0) is 42.5 Å². The molecule has 11 nitrogen and oxygen atoms in total. The van der Waals surface area contributed by atoms with E-state index in [1.165, 1.54) is 6.20 Å². The Morgan fingerprint density at radius 3 is 2.65 bits per heavy atom. The van der Waals surface area contributed by atoms with Crippen LogP contribution in [0.1, 0.15) is 67.7 Å². The van der Waals surface area contributed by atoms with Gasteiger partial charge in [-0.2, -0.15) is 10.4 Å². The summed E-state index contributed by atoms with van der Waals surface area (Å²) < 4.78 is 3.41. The molecule has 3 atom stereocenters. The van der Waals surface area contributed by atoms with E-state index in [0.29, 0.717) is 16.7 Å². The molecule has 1 aliphatic rings. The summed E-state index contributed by atoms with van der Waals surface area (Å²) in [6, 6.07) is 11.6. The van der Waals surface area contributed by atoms with Crippen LogP contribution in [0.25, 0.3) is 10.9 Å². The van der Waals surface area contributed by atoms with Crippen molar-refractivity contribution in [1.29, 1.82) is 5.26 Å². The minimum Gasteiger partial charge on any atom is -0.476 e. The van der Waals surface area contributed by atoms with Crippen LogP contribution in [0.4, 0.5) is 11.5 Å². The summed E-state index contributed by atoms with van der Waals surface area (Å²) in [5.74, 6) is -0.697. The average molecular weight is 501 g/mol. The SMILES string of the molecule is CC(C)C(c1ccc(Nc2nn(C3CCCCC3C#N)c3cc[nH]c(=O)c23)cc1)n1cc(C(=O)O)nn1. The van der Waals surface area contributed by atoms with Gasteiger partial charge in [0.2, 0.25) is 0 Å². The van der Waals surface area contributed by atoms with E-state index in [0.717, 1.165) is 36.9 Å². The number of anilines is 2. The highest BCUT2D eigenvalue weighted by Crippen LogP contribution is 2.36. The molecule has 0 spiro atoms. The summed E-state index contributed by atoms with van der Waals surface area (Å²) >= 11 is 0. The number of carbonyl (C=O) groups is 1. The number of aromatic amines is 1. The minimum absolute atomic E-state index is 0.0776. The monoisotopic (exact) mass is 500 g/mol. The van der Waals surface area contributed by atoms with E-state index in [1.54, 1.807) is 10.9 Å². The van der Waals surface area contributed by atoms with Crippen molar-refractivity contribution in [2.45, 2.75) is 51.6 Å². The van der Waals surface area contributed by atoms with Crippen molar-refractivity contribution in [2.24, 2.45) is 11.8 Å². The molecule has 1 aliphatic carbocycles. The van der Waals surface area contributed by atoms with Crippen LogP contribution in [-0.2, 0) is 0 Å². The lowest BCUT2D eigenvalue weighted by molar-refractivity contribution is 0.0690. The number of H-pyrrole nitrogens is 1. The third kappa shape index (κ3) is 4.58. The van der Waals surface area contributed by atoms with E-state index in [4.69, 9.17) is 5.10 Å². The average Bonchev–Trinajstić information content (AvgIpc) is 3.51. The first-order valence-electron chi connectivity index (χ1n) is 12.4. The largest absolute Gasteiger partial charge is 0.476 e. The van der Waals surface area contributed by atoms with Gasteiger partial charge >= 0.3 is 5.97 Å². The van der Waals surface area contributed by atoms with Gasteiger partial charge in [0.15, 0.2) is 11.5 Å². The maximum Gasteiger partial charge on any atom is 0.358 e. The molecule has 1 aromatic carbocycles. The first kappa shape index (κ1) is 24.2. The number of rotatable bonds is 7. The van der Waals surface area contributed by atoms with Gasteiger partial charge in [0.25, 0.3) is 5.56 Å². The Balaban J connectivity index is 1.47. The molecule has 3 N–H and O–H groups in total. The predicted octanol–water partition coefficient (Wildman–Crippen LogP) is 4.26. The molecule has 1 saturated carbocycles. The Morgan fingerprint density at radius 2 is 1.97 bits per heavy atom. The third-order valence-electron chi connectivity index (χ3n) is 7.00. The van der Waals surface area contributed by atoms with Gasteiger partial charge in [-0.15, -0.1) is 5.10 Å². The van der Waals surface area contributed by atoms with Gasteiger partial charge in [0.1, 0.15) is 5.39 Å². The molecule has 0 bridgehead atoms. The molecule has 4 aromatic rings. The lowest BCUT2D eigenvalue weighted by atomic mass is 9.85. The van der Waals surface area contributed by atoms with E-state index in [1.807, 2.05) is 48.9 Å². The van der Waals surface area contributed by atoms with Gasteiger partial charge in [-0.3, -0.25) is 9.48 Å². The number of hydrogen-bond donors (Lipinski definition) is 3. The molecule has 190 valence electrons. The fraction of sp³-hybridized carbons (Fsp3) is 0.385. The standard InChI is InChI=1S/C26H28N8O3/c1-15(2)23(33-14-19(26(36)37)30-32-33)16-7-9-18(10-8-16)29-24-22-21(11-12-28-25(22)35)34(31-24)20-6-4-3-5-17(20)13-27/h7-12,14-15,17,20,23H,3-6H2,1-2H3,(H,28,35)(H,29,31)(H,36,37). The van der Waals surface area contributed by atoms with Crippen molar-refractivity contribution in [1.82, 2.24) is 29.8 Å². The zero-order chi connectivity index (χ0) is 26.1. The number of carboxylic acids is 1. The highest BCUT2D eigenvalue weighted by Gasteiger charge is 2.30. The smallest absolute Gasteiger partial charge is 0.358 e. The van der Waals surface area contributed by atoms with Crippen molar-refractivity contribution in [2.75, 3.05) is 5.32 Å². The number of nitriles is 1. The van der Waals surface area contributed by atoms with Crippen LogP contribution in [0.3, 0.4) is 0 Å². The summed E-state index contributed by atoms with van der Waals surface area (Å²) in [6.45, 7) is 4.06. The molecule has 0 aliphatic heterocycles. The topological polar surface area (TPSA) is 155 Å². The molecule has 11 heteroatoms. The van der Waals surface area contributed by atoms with Crippen molar-refractivity contribution >= 4 is 28.4 Å². The number of benzene rings is 1. The molecule has 5 rings (SSSR count). The summed E-state index contributed by atoms with van der Waals surface area (Å²) in [6.07, 6.45) is 6.76. The first-order chi connectivity index (χ1) is 17.9. The van der Waals surface area contributed by atoms with E-state index in [2.05, 4.69) is 26.7 Å². The molecular weight excluding hydrogens is 472 g/mol. The second-order valence-electron chi connectivity index (χ2n) is 9.77.